The number of carbonyl (C=O) groups excluding carboxylic acids is 1. The van der Waals surface area contributed by atoms with Crippen molar-refractivity contribution in [3.8, 4) is 5.75 Å². The molecule has 3 aromatic carbocycles. The maximum Gasteiger partial charge on any atom is 0.258 e. The predicted octanol–water partition coefficient (Wildman–Crippen LogP) is 4.32. The summed E-state index contributed by atoms with van der Waals surface area (Å²) in [6.45, 7) is 2.51. The van der Waals surface area contributed by atoms with Gasteiger partial charge in [0.15, 0.2) is 5.82 Å². The standard InChI is InChI=1S/C29H32FN5O5S/c1-35(2)12-15-40-21-6-8-24(27(17-21)31-20-10-13-39-14-11-20)29(36)32-28-25-18-23(7-9-26(25)33-34-28)41(37,38)22-5-3-4-19(30)16-22/h3-9,16-18,20,31H,10-15H2,1-2H3,(H2,32,33,34,36). The Morgan fingerprint density at radius 2 is 1.88 bits per heavy atom. The zero-order valence-electron chi connectivity index (χ0n) is 22.8. The van der Waals surface area contributed by atoms with E-state index in [9.17, 15) is 17.6 Å². The molecule has 1 saturated heterocycles. The van der Waals surface area contributed by atoms with E-state index in [4.69, 9.17) is 9.47 Å². The molecule has 0 aliphatic carbocycles. The molecule has 4 aromatic rings. The van der Waals surface area contributed by atoms with Gasteiger partial charge in [-0.1, -0.05) is 6.07 Å². The number of nitrogens with zero attached hydrogens (tertiary/aromatic N) is 2. The van der Waals surface area contributed by atoms with Gasteiger partial charge in [0, 0.05) is 37.3 Å². The summed E-state index contributed by atoms with van der Waals surface area (Å²) in [4.78, 5) is 15.3. The summed E-state index contributed by atoms with van der Waals surface area (Å²) in [5.74, 6) is -0.270. The number of nitrogens with one attached hydrogen (secondary N) is 3. The number of likely N-dealkylation sites (N-methyl/N-ethyl adjacent to an activating group) is 1. The molecule has 0 saturated carbocycles. The molecule has 1 aliphatic heterocycles. The molecule has 41 heavy (non-hydrogen) atoms. The summed E-state index contributed by atoms with van der Waals surface area (Å²) in [6, 6.07) is 14.6. The number of ether oxygens (including phenoxy) is 2. The van der Waals surface area contributed by atoms with Crippen molar-refractivity contribution in [1.82, 2.24) is 15.1 Å². The fourth-order valence-corrected chi connectivity index (χ4v) is 5.86. The van der Waals surface area contributed by atoms with Crippen molar-refractivity contribution < 1.29 is 27.1 Å². The van der Waals surface area contributed by atoms with Gasteiger partial charge in [-0.2, -0.15) is 5.10 Å². The van der Waals surface area contributed by atoms with Crippen LogP contribution in [0.1, 0.15) is 23.2 Å². The molecule has 216 valence electrons. The van der Waals surface area contributed by atoms with Crippen LogP contribution in [0.2, 0.25) is 0 Å². The van der Waals surface area contributed by atoms with E-state index in [2.05, 4.69) is 20.8 Å². The fraction of sp³-hybridized carbons (Fsp3) is 0.310. The average Bonchev–Trinajstić information content (AvgIpc) is 3.35. The molecule has 5 rings (SSSR count). The molecule has 0 bridgehead atoms. The normalized spacial score (nSPS) is 14.3. The maximum absolute atomic E-state index is 13.7. The second kappa shape index (κ2) is 12.2. The number of benzene rings is 3. The lowest BCUT2D eigenvalue weighted by molar-refractivity contribution is 0.0904. The van der Waals surface area contributed by atoms with Gasteiger partial charge in [-0.05, 0) is 75.5 Å². The Morgan fingerprint density at radius 3 is 2.63 bits per heavy atom. The summed E-state index contributed by atoms with van der Waals surface area (Å²) in [6.07, 6.45) is 1.61. The lowest BCUT2D eigenvalue weighted by Gasteiger charge is -2.25. The van der Waals surface area contributed by atoms with Gasteiger partial charge in [0.2, 0.25) is 9.84 Å². The van der Waals surface area contributed by atoms with Gasteiger partial charge in [-0.15, -0.1) is 0 Å². The molecule has 12 heteroatoms. The minimum atomic E-state index is -4.00. The molecule has 0 radical (unpaired) electrons. The third-order valence-electron chi connectivity index (χ3n) is 6.81. The van der Waals surface area contributed by atoms with E-state index < -0.39 is 21.6 Å². The van der Waals surface area contributed by atoms with E-state index in [1.165, 1.54) is 30.3 Å². The van der Waals surface area contributed by atoms with Gasteiger partial charge < -0.3 is 25.0 Å². The van der Waals surface area contributed by atoms with E-state index in [0.29, 0.717) is 47.7 Å². The van der Waals surface area contributed by atoms with Gasteiger partial charge >= 0.3 is 0 Å². The second-order valence-electron chi connectivity index (χ2n) is 10.1. The Labute approximate surface area is 237 Å². The predicted molar refractivity (Wildman–Crippen MR) is 154 cm³/mol. The summed E-state index contributed by atoms with van der Waals surface area (Å²) in [5.41, 5.74) is 1.53. The Bertz CT molecular complexity index is 1650. The Hall–Kier alpha value is -4.00. The first-order valence-electron chi connectivity index (χ1n) is 13.3. The van der Waals surface area contributed by atoms with Crippen molar-refractivity contribution in [2.24, 2.45) is 0 Å². The molecule has 3 N–H and O–H groups in total. The second-order valence-corrected chi connectivity index (χ2v) is 12.0. The number of fused-ring (bicyclic) bond motifs is 1. The number of hydrogen-bond acceptors (Lipinski definition) is 8. The van der Waals surface area contributed by atoms with Crippen molar-refractivity contribution in [2.75, 3.05) is 51.1 Å². The monoisotopic (exact) mass is 581 g/mol. The van der Waals surface area contributed by atoms with Crippen LogP contribution in [0.25, 0.3) is 10.9 Å². The Morgan fingerprint density at radius 1 is 1.10 bits per heavy atom. The largest absolute Gasteiger partial charge is 0.492 e. The molecule has 0 atom stereocenters. The van der Waals surface area contributed by atoms with E-state index in [1.54, 1.807) is 18.2 Å². The highest BCUT2D eigenvalue weighted by Gasteiger charge is 2.22. The first kappa shape index (κ1) is 28.5. The Kier molecular flexibility index (Phi) is 8.52. The summed E-state index contributed by atoms with van der Waals surface area (Å²) in [7, 11) is -0.0692. The van der Waals surface area contributed by atoms with Crippen molar-refractivity contribution in [2.45, 2.75) is 28.7 Å². The molecule has 1 aromatic heterocycles. The first-order valence-corrected chi connectivity index (χ1v) is 14.7. The van der Waals surface area contributed by atoms with Crippen molar-refractivity contribution in [3.05, 3.63) is 72.0 Å². The van der Waals surface area contributed by atoms with Crippen LogP contribution in [0.15, 0.2) is 70.5 Å². The zero-order chi connectivity index (χ0) is 29.0. The number of sulfone groups is 1. The minimum absolute atomic E-state index is 0.0476. The zero-order valence-corrected chi connectivity index (χ0v) is 23.6. The molecule has 10 nitrogen and oxygen atoms in total. The SMILES string of the molecule is CN(C)CCOc1ccc(C(=O)Nc2n[nH]c3ccc(S(=O)(=O)c4cccc(F)c4)cc23)c(NC2CCOCC2)c1. The van der Waals surface area contributed by atoms with Gasteiger partial charge in [0.25, 0.3) is 5.91 Å². The third kappa shape index (κ3) is 6.67. The number of carbonyl (C=O) groups is 1. The highest BCUT2D eigenvalue weighted by molar-refractivity contribution is 7.91. The van der Waals surface area contributed by atoms with E-state index in [0.717, 1.165) is 25.5 Å². The smallest absolute Gasteiger partial charge is 0.258 e. The number of amides is 1. The molecule has 2 heterocycles. The van der Waals surface area contributed by atoms with Crippen LogP contribution in [0.3, 0.4) is 0 Å². The van der Waals surface area contributed by atoms with Crippen LogP contribution < -0.4 is 15.4 Å². The third-order valence-corrected chi connectivity index (χ3v) is 8.56. The van der Waals surface area contributed by atoms with Crippen LogP contribution in [-0.4, -0.2) is 75.9 Å². The van der Waals surface area contributed by atoms with E-state index >= 15 is 0 Å². The molecule has 1 aliphatic rings. The summed E-state index contributed by atoms with van der Waals surface area (Å²) in [5, 5.41) is 13.7. The number of H-pyrrole nitrogens is 1. The molecule has 1 amide bonds. The van der Waals surface area contributed by atoms with Gasteiger partial charge in [-0.25, -0.2) is 12.8 Å². The molecular formula is C29H32FN5O5S. The lowest BCUT2D eigenvalue weighted by Crippen LogP contribution is -2.29. The van der Waals surface area contributed by atoms with Crippen LogP contribution in [0.5, 0.6) is 5.75 Å². The van der Waals surface area contributed by atoms with Crippen molar-refractivity contribution in [1.29, 1.82) is 0 Å². The van der Waals surface area contributed by atoms with Crippen LogP contribution in [0, 0.1) is 5.82 Å². The van der Waals surface area contributed by atoms with Crippen molar-refractivity contribution >= 4 is 38.2 Å². The fourth-order valence-electron chi connectivity index (χ4n) is 4.54. The number of hydrogen-bond donors (Lipinski definition) is 3. The van der Waals surface area contributed by atoms with Crippen LogP contribution in [-0.2, 0) is 14.6 Å². The lowest BCUT2D eigenvalue weighted by atomic mass is 10.1. The topological polar surface area (TPSA) is 126 Å². The molecule has 0 unspecified atom stereocenters. The number of anilines is 2. The van der Waals surface area contributed by atoms with Crippen LogP contribution >= 0.6 is 0 Å². The summed E-state index contributed by atoms with van der Waals surface area (Å²) >= 11 is 0. The molecule has 1 fully saturated rings. The first-order chi connectivity index (χ1) is 19.7. The minimum Gasteiger partial charge on any atom is -0.492 e. The quantitative estimate of drug-likeness (QED) is 0.253. The van der Waals surface area contributed by atoms with Gasteiger partial charge in [0.05, 0.1) is 26.6 Å². The number of rotatable bonds is 10. The highest BCUT2D eigenvalue weighted by Crippen LogP contribution is 2.30. The van der Waals surface area contributed by atoms with E-state index in [-0.39, 0.29) is 21.7 Å². The maximum atomic E-state index is 13.7. The summed E-state index contributed by atoms with van der Waals surface area (Å²) < 4.78 is 51.4. The number of aromatic amines is 1. The average molecular weight is 582 g/mol. The molecular weight excluding hydrogens is 549 g/mol. The molecule has 0 spiro atoms. The number of halogens is 1. The van der Waals surface area contributed by atoms with Crippen LogP contribution in [0.4, 0.5) is 15.9 Å². The van der Waals surface area contributed by atoms with Crippen molar-refractivity contribution in [3.63, 3.8) is 0 Å². The highest BCUT2D eigenvalue weighted by atomic mass is 32.2. The number of aromatic nitrogens is 2. The van der Waals surface area contributed by atoms with E-state index in [1.807, 2.05) is 25.1 Å². The van der Waals surface area contributed by atoms with Gasteiger partial charge in [-0.3, -0.25) is 9.89 Å². The Balaban J connectivity index is 1.42. The van der Waals surface area contributed by atoms with Gasteiger partial charge in [0.1, 0.15) is 18.2 Å².